The van der Waals surface area contributed by atoms with Gasteiger partial charge in [0.15, 0.2) is 11.3 Å². The lowest BCUT2D eigenvalue weighted by molar-refractivity contribution is 0.0965. The molecule has 130 valence electrons. The van der Waals surface area contributed by atoms with E-state index in [1.54, 1.807) is 13.1 Å². The number of hydrogen-bond donors (Lipinski definition) is 1. The van der Waals surface area contributed by atoms with Crippen LogP contribution in [0.1, 0.15) is 28.7 Å². The van der Waals surface area contributed by atoms with Gasteiger partial charge in [-0.1, -0.05) is 0 Å². The van der Waals surface area contributed by atoms with Gasteiger partial charge >= 0.3 is 0 Å². The van der Waals surface area contributed by atoms with E-state index >= 15 is 0 Å². The Morgan fingerprint density at radius 2 is 2.08 bits per heavy atom. The summed E-state index contributed by atoms with van der Waals surface area (Å²) in [6, 6.07) is 2.84. The second-order valence-corrected chi connectivity index (χ2v) is 4.97. The summed E-state index contributed by atoms with van der Waals surface area (Å²) in [6.45, 7) is 4.03. The van der Waals surface area contributed by atoms with E-state index in [0.29, 0.717) is 24.1 Å². The smallest absolute Gasteiger partial charge is 0.185 e. The van der Waals surface area contributed by atoms with Crippen LogP contribution in [0.5, 0.6) is 0 Å². The topological polar surface area (TPSA) is 68.0 Å². The number of carbonyl (C=O) groups excluding carboxylic acids is 1. The normalized spacial score (nSPS) is 10.3. The minimum atomic E-state index is -0.895. The van der Waals surface area contributed by atoms with Crippen LogP contribution in [0, 0.1) is 24.0 Å². The van der Waals surface area contributed by atoms with Gasteiger partial charge in [-0.2, -0.15) is 0 Å². The van der Waals surface area contributed by atoms with Gasteiger partial charge in [-0.25, -0.2) is 13.8 Å². The van der Waals surface area contributed by atoms with E-state index in [4.69, 9.17) is 10.1 Å². The molecule has 1 aromatic heterocycles. The fourth-order valence-corrected chi connectivity index (χ4v) is 2.07. The molecule has 1 N–H and O–H groups in total. The van der Waals surface area contributed by atoms with Gasteiger partial charge in [0.2, 0.25) is 0 Å². The summed E-state index contributed by atoms with van der Waals surface area (Å²) in [5.74, 6) is -1.68. The molecule has 5 nitrogen and oxygen atoms in total. The number of benzene rings is 1. The second kappa shape index (κ2) is 8.79. The number of ether oxygens (including phenoxy) is 1. The Kier molecular flexibility index (Phi) is 7.37. The Morgan fingerprint density at radius 1 is 1.38 bits per heavy atom. The van der Waals surface area contributed by atoms with Gasteiger partial charge in [0.1, 0.15) is 17.5 Å². The van der Waals surface area contributed by atoms with Crippen molar-refractivity contribution in [2.45, 2.75) is 27.0 Å². The monoisotopic (exact) mass is 401 g/mol. The highest BCUT2D eigenvalue weighted by Crippen LogP contribution is 2.12. The van der Waals surface area contributed by atoms with Gasteiger partial charge in [-0.3, -0.25) is 10.2 Å². The van der Waals surface area contributed by atoms with Crippen molar-refractivity contribution in [1.29, 1.82) is 5.41 Å². The number of Topliss-reactive ketones (excluding diaryl/α,β-unsaturated/α-hetero) is 1. The van der Waals surface area contributed by atoms with Gasteiger partial charge in [0.05, 0.1) is 18.7 Å². The third kappa shape index (κ3) is 4.78. The zero-order valence-corrected chi connectivity index (χ0v) is 15.0. The average Bonchev–Trinajstić information content (AvgIpc) is 2.48. The lowest BCUT2D eigenvalue weighted by atomic mass is 10.1. The van der Waals surface area contributed by atoms with Crippen LogP contribution < -0.4 is 5.49 Å². The Morgan fingerprint density at radius 3 is 2.71 bits per heavy atom. The molecular weight excluding hydrogens is 384 g/mol. The van der Waals surface area contributed by atoms with Crippen molar-refractivity contribution < 1.29 is 18.3 Å². The van der Waals surface area contributed by atoms with E-state index in [1.807, 2.05) is 6.92 Å². The molecule has 0 unspecified atom stereocenters. The molecule has 0 bridgehead atoms. The van der Waals surface area contributed by atoms with Gasteiger partial charge < -0.3 is 9.30 Å². The molecule has 24 heavy (non-hydrogen) atoms. The highest BCUT2D eigenvalue weighted by molar-refractivity contribution is 8.93. The number of aromatic nitrogens is 2. The SMILES string of the molecule is Br.CCOCc1cn(CC(=O)c2ccc(F)cc2F)c(C)nc1=N. The molecule has 0 aliphatic carbocycles. The van der Waals surface area contributed by atoms with Crippen LogP contribution in [0.15, 0.2) is 24.4 Å². The van der Waals surface area contributed by atoms with E-state index in [-0.39, 0.29) is 41.2 Å². The standard InChI is InChI=1S/C16H17F2N3O2.BrH/c1-3-23-9-11-7-21(10(2)20-16(11)19)8-15(22)13-5-4-12(17)6-14(13)18;/h4-7,19H,3,8-9H2,1-2H3;1H. The summed E-state index contributed by atoms with van der Waals surface area (Å²) >= 11 is 0. The van der Waals surface area contributed by atoms with Crippen molar-refractivity contribution in [2.75, 3.05) is 6.61 Å². The van der Waals surface area contributed by atoms with Crippen LogP contribution >= 0.6 is 17.0 Å². The maximum Gasteiger partial charge on any atom is 0.185 e. The van der Waals surface area contributed by atoms with Crippen LogP contribution in [0.25, 0.3) is 0 Å². The van der Waals surface area contributed by atoms with Crippen molar-refractivity contribution in [2.24, 2.45) is 0 Å². The first-order valence-electron chi connectivity index (χ1n) is 7.10. The summed E-state index contributed by atoms with van der Waals surface area (Å²) in [6.07, 6.45) is 1.60. The van der Waals surface area contributed by atoms with Crippen molar-refractivity contribution in [3.8, 4) is 0 Å². The number of hydrogen-bond acceptors (Lipinski definition) is 4. The van der Waals surface area contributed by atoms with Gasteiger partial charge in [-0.15, -0.1) is 17.0 Å². The number of nitrogens with zero attached hydrogens (tertiary/aromatic N) is 2. The van der Waals surface area contributed by atoms with Gasteiger partial charge in [0, 0.05) is 24.4 Å². The molecule has 0 fully saturated rings. The Hall–Kier alpha value is -1.93. The zero-order valence-electron chi connectivity index (χ0n) is 13.3. The molecule has 0 spiro atoms. The molecule has 0 saturated carbocycles. The number of aryl methyl sites for hydroxylation is 1. The fourth-order valence-electron chi connectivity index (χ4n) is 2.07. The molecule has 0 atom stereocenters. The van der Waals surface area contributed by atoms with Crippen LogP contribution in [0.4, 0.5) is 8.78 Å². The number of rotatable bonds is 6. The van der Waals surface area contributed by atoms with Crippen LogP contribution in [-0.4, -0.2) is 21.9 Å². The number of halogens is 3. The predicted octanol–water partition coefficient (Wildman–Crippen LogP) is 2.95. The Labute approximate surface area is 148 Å². The van der Waals surface area contributed by atoms with Crippen molar-refractivity contribution in [1.82, 2.24) is 9.55 Å². The average molecular weight is 402 g/mol. The molecule has 0 amide bonds. The maximum absolute atomic E-state index is 13.7. The molecule has 1 heterocycles. The molecule has 0 aliphatic heterocycles. The van der Waals surface area contributed by atoms with Crippen molar-refractivity contribution in [3.05, 3.63) is 58.5 Å². The molecule has 0 aliphatic rings. The molecule has 8 heteroatoms. The first kappa shape index (κ1) is 20.1. The summed E-state index contributed by atoms with van der Waals surface area (Å²) in [5.41, 5.74) is 0.428. The van der Waals surface area contributed by atoms with E-state index in [9.17, 15) is 13.6 Å². The molecule has 2 rings (SSSR count). The van der Waals surface area contributed by atoms with E-state index in [0.717, 1.165) is 12.1 Å². The summed E-state index contributed by atoms with van der Waals surface area (Å²) in [7, 11) is 0. The molecule has 0 saturated heterocycles. The molecular formula is C16H18BrF2N3O2. The lowest BCUT2D eigenvalue weighted by Gasteiger charge is -2.12. The van der Waals surface area contributed by atoms with Crippen LogP contribution in [0.2, 0.25) is 0 Å². The number of nitrogens with one attached hydrogen (secondary N) is 1. The summed E-state index contributed by atoms with van der Waals surface area (Å²) in [5, 5.41) is 7.80. The van der Waals surface area contributed by atoms with E-state index in [2.05, 4.69) is 4.98 Å². The van der Waals surface area contributed by atoms with E-state index in [1.165, 1.54) is 4.57 Å². The molecule has 0 radical (unpaired) electrons. The largest absolute Gasteiger partial charge is 0.377 e. The zero-order chi connectivity index (χ0) is 17.0. The first-order valence-corrected chi connectivity index (χ1v) is 7.10. The number of ketones is 1. The quantitative estimate of drug-likeness (QED) is 0.756. The Balaban J connectivity index is 0.00000288. The number of carbonyl (C=O) groups is 1. The van der Waals surface area contributed by atoms with Gasteiger partial charge in [0.25, 0.3) is 0 Å². The summed E-state index contributed by atoms with van der Waals surface area (Å²) < 4.78 is 33.4. The van der Waals surface area contributed by atoms with Crippen LogP contribution in [-0.2, 0) is 17.9 Å². The predicted molar refractivity (Wildman–Crippen MR) is 89.2 cm³/mol. The lowest BCUT2D eigenvalue weighted by Crippen LogP contribution is -2.23. The van der Waals surface area contributed by atoms with E-state index < -0.39 is 17.4 Å². The fraction of sp³-hybridized carbons (Fsp3) is 0.312. The summed E-state index contributed by atoms with van der Waals surface area (Å²) in [4.78, 5) is 16.3. The van der Waals surface area contributed by atoms with Crippen molar-refractivity contribution in [3.63, 3.8) is 0 Å². The third-order valence-corrected chi connectivity index (χ3v) is 3.31. The highest BCUT2D eigenvalue weighted by Gasteiger charge is 2.14. The minimum Gasteiger partial charge on any atom is -0.377 e. The second-order valence-electron chi connectivity index (χ2n) is 4.97. The first-order chi connectivity index (χ1) is 10.9. The highest BCUT2D eigenvalue weighted by atomic mass is 79.9. The third-order valence-electron chi connectivity index (χ3n) is 3.31. The minimum absolute atomic E-state index is 0. The van der Waals surface area contributed by atoms with Gasteiger partial charge in [-0.05, 0) is 26.0 Å². The van der Waals surface area contributed by atoms with Crippen LogP contribution in [0.3, 0.4) is 0 Å². The molecule has 2 aromatic rings. The maximum atomic E-state index is 13.7. The molecule has 1 aromatic carbocycles. The van der Waals surface area contributed by atoms with Crippen molar-refractivity contribution >= 4 is 22.8 Å². The Bertz CT molecular complexity index is 793.